The van der Waals surface area contributed by atoms with Crippen LogP contribution in [0.3, 0.4) is 0 Å². The zero-order chi connectivity index (χ0) is 22.5. The molecule has 0 atom stereocenters. The molecule has 0 aromatic heterocycles. The molecule has 0 aliphatic carbocycles. The van der Waals surface area contributed by atoms with E-state index in [9.17, 15) is 14.4 Å². The molecule has 1 aliphatic heterocycles. The van der Waals surface area contributed by atoms with Gasteiger partial charge < -0.3 is 15.0 Å². The molecule has 162 valence electrons. The van der Waals surface area contributed by atoms with Crippen molar-refractivity contribution in [1.82, 2.24) is 5.32 Å². The van der Waals surface area contributed by atoms with E-state index in [1.54, 1.807) is 53.4 Å². The van der Waals surface area contributed by atoms with Gasteiger partial charge in [-0.3, -0.25) is 9.59 Å². The van der Waals surface area contributed by atoms with Crippen LogP contribution in [-0.2, 0) is 16.0 Å². The Labute approximate surface area is 186 Å². The molecule has 0 radical (unpaired) electrons. The molecule has 3 aromatic rings. The number of nitrogens with zero attached hydrogens (tertiary/aromatic N) is 1. The van der Waals surface area contributed by atoms with Crippen LogP contribution in [0.25, 0.3) is 11.1 Å². The summed E-state index contributed by atoms with van der Waals surface area (Å²) in [6, 6.07) is 21.8. The maximum atomic E-state index is 13.0. The zero-order valence-electron chi connectivity index (χ0n) is 17.8. The van der Waals surface area contributed by atoms with E-state index in [1.165, 1.54) is 7.11 Å². The number of hydrogen-bond donors (Lipinski definition) is 1. The summed E-state index contributed by atoms with van der Waals surface area (Å²) in [4.78, 5) is 39.8. The third-order valence-corrected chi connectivity index (χ3v) is 5.61. The summed E-state index contributed by atoms with van der Waals surface area (Å²) in [5.74, 6) is -1.01. The van der Waals surface area contributed by atoms with Crippen molar-refractivity contribution in [3.05, 3.63) is 89.5 Å². The van der Waals surface area contributed by atoms with Crippen molar-refractivity contribution in [3.8, 4) is 11.1 Å². The standard InChI is InChI=1S/C26H24N2O4/c1-32-26(31)22-14-6-4-12-20(22)19-11-3-5-13-21(19)25(30)27-17-24(29)28-16-8-10-18-9-2-7-15-23(18)28/h2-7,9,11-15H,8,10,16-17H2,1H3,(H,27,30). The van der Waals surface area contributed by atoms with Crippen molar-refractivity contribution in [2.75, 3.05) is 25.1 Å². The van der Waals surface area contributed by atoms with Crippen molar-refractivity contribution >= 4 is 23.5 Å². The fourth-order valence-electron chi connectivity index (χ4n) is 4.06. The van der Waals surface area contributed by atoms with E-state index in [0.29, 0.717) is 28.8 Å². The summed E-state index contributed by atoms with van der Waals surface area (Å²) in [7, 11) is 1.32. The van der Waals surface area contributed by atoms with Gasteiger partial charge in [0.25, 0.3) is 5.91 Å². The third kappa shape index (κ3) is 4.25. The van der Waals surface area contributed by atoms with Crippen LogP contribution in [0.15, 0.2) is 72.8 Å². The minimum Gasteiger partial charge on any atom is -0.465 e. The van der Waals surface area contributed by atoms with Crippen molar-refractivity contribution in [2.45, 2.75) is 12.8 Å². The average molecular weight is 428 g/mol. The monoisotopic (exact) mass is 428 g/mol. The summed E-state index contributed by atoms with van der Waals surface area (Å²) < 4.78 is 4.88. The van der Waals surface area contributed by atoms with Gasteiger partial charge in [0.15, 0.2) is 0 Å². The first-order valence-electron chi connectivity index (χ1n) is 10.5. The predicted octanol–water partition coefficient (Wildman–Crippen LogP) is 3.85. The van der Waals surface area contributed by atoms with E-state index < -0.39 is 5.97 Å². The number of aryl methyl sites for hydroxylation is 1. The highest BCUT2D eigenvalue weighted by atomic mass is 16.5. The minimum atomic E-state index is -0.477. The van der Waals surface area contributed by atoms with Crippen LogP contribution in [-0.4, -0.2) is 38.0 Å². The van der Waals surface area contributed by atoms with Gasteiger partial charge >= 0.3 is 5.97 Å². The summed E-state index contributed by atoms with van der Waals surface area (Å²) in [6.07, 6.45) is 1.84. The lowest BCUT2D eigenvalue weighted by Crippen LogP contribution is -2.42. The lowest BCUT2D eigenvalue weighted by molar-refractivity contribution is -0.117. The second kappa shape index (κ2) is 9.47. The van der Waals surface area contributed by atoms with Crippen molar-refractivity contribution in [1.29, 1.82) is 0 Å². The molecule has 6 nitrogen and oxygen atoms in total. The second-order valence-electron chi connectivity index (χ2n) is 7.54. The summed E-state index contributed by atoms with van der Waals surface area (Å²) in [5.41, 5.74) is 4.00. The Hall–Kier alpha value is -3.93. The maximum Gasteiger partial charge on any atom is 0.338 e. The van der Waals surface area contributed by atoms with Gasteiger partial charge in [-0.25, -0.2) is 4.79 Å². The molecule has 0 bridgehead atoms. The number of para-hydroxylation sites is 1. The van der Waals surface area contributed by atoms with Gasteiger partial charge in [0.05, 0.1) is 19.2 Å². The van der Waals surface area contributed by atoms with Crippen LogP contribution < -0.4 is 10.2 Å². The van der Waals surface area contributed by atoms with Crippen LogP contribution in [0.1, 0.15) is 32.7 Å². The Morgan fingerprint density at radius 3 is 2.25 bits per heavy atom. The van der Waals surface area contributed by atoms with Gasteiger partial charge in [0, 0.05) is 17.8 Å². The van der Waals surface area contributed by atoms with E-state index in [2.05, 4.69) is 5.32 Å². The Balaban J connectivity index is 1.54. The first kappa shape index (κ1) is 21.3. The van der Waals surface area contributed by atoms with Gasteiger partial charge in [-0.1, -0.05) is 54.6 Å². The Morgan fingerprint density at radius 1 is 0.875 bits per heavy atom. The number of amides is 2. The second-order valence-corrected chi connectivity index (χ2v) is 7.54. The van der Waals surface area contributed by atoms with Gasteiger partial charge in [-0.05, 0) is 47.7 Å². The molecular weight excluding hydrogens is 404 g/mol. The van der Waals surface area contributed by atoms with Crippen LogP contribution in [0.2, 0.25) is 0 Å². The number of esters is 1. The third-order valence-electron chi connectivity index (χ3n) is 5.61. The average Bonchev–Trinajstić information content (AvgIpc) is 2.86. The molecule has 0 spiro atoms. The molecule has 0 saturated carbocycles. The number of hydrogen-bond acceptors (Lipinski definition) is 4. The number of methoxy groups -OCH3 is 1. The molecule has 6 heteroatoms. The summed E-state index contributed by atoms with van der Waals surface area (Å²) in [5, 5.41) is 2.75. The molecule has 2 amide bonds. The topological polar surface area (TPSA) is 75.7 Å². The predicted molar refractivity (Wildman–Crippen MR) is 123 cm³/mol. The first-order chi connectivity index (χ1) is 15.6. The zero-order valence-corrected chi connectivity index (χ0v) is 17.8. The first-order valence-corrected chi connectivity index (χ1v) is 10.5. The molecule has 4 rings (SSSR count). The lowest BCUT2D eigenvalue weighted by Gasteiger charge is -2.29. The van der Waals surface area contributed by atoms with Gasteiger partial charge in [0.2, 0.25) is 5.91 Å². The molecule has 0 fully saturated rings. The Morgan fingerprint density at radius 2 is 1.50 bits per heavy atom. The minimum absolute atomic E-state index is 0.111. The van der Waals surface area contributed by atoms with Crippen molar-refractivity contribution < 1.29 is 19.1 Å². The largest absolute Gasteiger partial charge is 0.465 e. The highest BCUT2D eigenvalue weighted by Gasteiger charge is 2.23. The molecule has 32 heavy (non-hydrogen) atoms. The van der Waals surface area contributed by atoms with Crippen LogP contribution in [0, 0.1) is 0 Å². The van der Waals surface area contributed by atoms with E-state index in [1.807, 2.05) is 24.3 Å². The van der Waals surface area contributed by atoms with Crippen LogP contribution in [0.4, 0.5) is 5.69 Å². The van der Waals surface area contributed by atoms with E-state index >= 15 is 0 Å². The molecule has 1 aliphatic rings. The maximum absolute atomic E-state index is 13.0. The fraction of sp³-hybridized carbons (Fsp3) is 0.192. The van der Waals surface area contributed by atoms with Crippen molar-refractivity contribution in [2.24, 2.45) is 0 Å². The molecule has 0 unspecified atom stereocenters. The number of carbonyl (C=O) groups excluding carboxylic acids is 3. The molecule has 0 saturated heterocycles. The smallest absolute Gasteiger partial charge is 0.338 e. The fourth-order valence-corrected chi connectivity index (χ4v) is 4.06. The Bertz CT molecular complexity index is 1170. The van der Waals surface area contributed by atoms with Crippen molar-refractivity contribution in [3.63, 3.8) is 0 Å². The summed E-state index contributed by atoms with van der Waals surface area (Å²) >= 11 is 0. The number of ether oxygens (including phenoxy) is 1. The summed E-state index contributed by atoms with van der Waals surface area (Å²) in [6.45, 7) is 0.523. The van der Waals surface area contributed by atoms with E-state index in [-0.39, 0.29) is 18.4 Å². The van der Waals surface area contributed by atoms with Gasteiger partial charge in [-0.2, -0.15) is 0 Å². The number of rotatable bonds is 5. The highest BCUT2D eigenvalue weighted by Crippen LogP contribution is 2.28. The Kier molecular flexibility index (Phi) is 6.31. The van der Waals surface area contributed by atoms with E-state index in [4.69, 9.17) is 4.74 Å². The highest BCUT2D eigenvalue weighted by molar-refractivity contribution is 6.06. The number of carbonyl (C=O) groups is 3. The van der Waals surface area contributed by atoms with Gasteiger partial charge in [0.1, 0.15) is 0 Å². The van der Waals surface area contributed by atoms with Crippen LogP contribution in [0.5, 0.6) is 0 Å². The van der Waals surface area contributed by atoms with Crippen LogP contribution >= 0.6 is 0 Å². The quantitative estimate of drug-likeness (QED) is 0.627. The SMILES string of the molecule is COC(=O)c1ccccc1-c1ccccc1C(=O)NCC(=O)N1CCCc2ccccc21. The molecule has 3 aromatic carbocycles. The normalized spacial score (nSPS) is 12.6. The molecule has 1 N–H and O–H groups in total. The number of nitrogens with one attached hydrogen (secondary N) is 1. The number of fused-ring (bicyclic) bond motifs is 1. The molecular formula is C26H24N2O4. The molecule has 1 heterocycles. The lowest BCUT2D eigenvalue weighted by atomic mass is 9.95. The van der Waals surface area contributed by atoms with Gasteiger partial charge in [-0.15, -0.1) is 0 Å². The number of anilines is 1. The van der Waals surface area contributed by atoms with E-state index in [0.717, 1.165) is 24.1 Å². The number of benzene rings is 3.